The van der Waals surface area contributed by atoms with Crippen LogP contribution in [0.1, 0.15) is 20.7 Å². The molecule has 1 heterocycles. The van der Waals surface area contributed by atoms with Crippen LogP contribution in [0.5, 0.6) is 0 Å². The van der Waals surface area contributed by atoms with Gasteiger partial charge in [-0.05, 0) is 30.3 Å². The molecule has 0 N–H and O–H groups in total. The highest BCUT2D eigenvalue weighted by molar-refractivity contribution is 7.89. The van der Waals surface area contributed by atoms with E-state index in [2.05, 4.69) is 0 Å². The molecule has 0 bridgehead atoms. The first kappa shape index (κ1) is 23.6. The molecule has 166 valence electrons. The van der Waals surface area contributed by atoms with Crippen molar-refractivity contribution in [1.29, 1.82) is 0 Å². The number of halogens is 4. The Morgan fingerprint density at radius 2 is 1.71 bits per heavy atom. The molecule has 0 amide bonds. The third-order valence-corrected chi connectivity index (χ3v) is 7.07. The average Bonchev–Trinajstić information content (AvgIpc) is 2.74. The number of esters is 1. The van der Waals surface area contributed by atoms with Gasteiger partial charge in [-0.3, -0.25) is 4.79 Å². The predicted octanol–water partition coefficient (Wildman–Crippen LogP) is 3.33. The highest BCUT2D eigenvalue weighted by Gasteiger charge is 2.30. The Kier molecular flexibility index (Phi) is 7.28. The Bertz CT molecular complexity index is 1140. The first-order valence-corrected chi connectivity index (χ1v) is 11.0. The van der Waals surface area contributed by atoms with Gasteiger partial charge >= 0.3 is 5.97 Å². The van der Waals surface area contributed by atoms with Gasteiger partial charge in [-0.25, -0.2) is 22.0 Å². The third-order valence-electron chi connectivity index (χ3n) is 4.39. The number of ketones is 1. The van der Waals surface area contributed by atoms with Gasteiger partial charge < -0.3 is 9.47 Å². The number of sulfonamides is 1. The summed E-state index contributed by atoms with van der Waals surface area (Å²) >= 11 is 12.0. The van der Waals surface area contributed by atoms with Crippen LogP contribution in [0.25, 0.3) is 0 Å². The monoisotopic (exact) mass is 493 g/mol. The van der Waals surface area contributed by atoms with Crippen LogP contribution in [0.4, 0.5) is 8.78 Å². The van der Waals surface area contributed by atoms with E-state index in [0.717, 1.165) is 28.6 Å². The van der Waals surface area contributed by atoms with Gasteiger partial charge in [0.05, 0.1) is 34.4 Å². The highest BCUT2D eigenvalue weighted by Crippen LogP contribution is 2.31. The number of carbonyl (C=O) groups excluding carboxylic acids is 2. The SMILES string of the molecule is O=C(COC(=O)c1cc(S(=O)(=O)N2CCOCC2)c(Cl)cc1Cl)c1cc(F)ccc1F. The molecule has 0 atom stereocenters. The van der Waals surface area contributed by atoms with Gasteiger partial charge in [-0.2, -0.15) is 4.31 Å². The van der Waals surface area contributed by atoms with Gasteiger partial charge in [0.1, 0.15) is 16.5 Å². The smallest absolute Gasteiger partial charge is 0.340 e. The molecule has 0 radical (unpaired) electrons. The molecular weight excluding hydrogens is 479 g/mol. The van der Waals surface area contributed by atoms with E-state index in [1.807, 2.05) is 0 Å². The van der Waals surface area contributed by atoms with Crippen LogP contribution in [-0.4, -0.2) is 57.4 Å². The molecule has 0 aromatic heterocycles. The average molecular weight is 494 g/mol. The summed E-state index contributed by atoms with van der Waals surface area (Å²) < 4.78 is 63.8. The lowest BCUT2D eigenvalue weighted by molar-refractivity contribution is 0.0473. The van der Waals surface area contributed by atoms with Crippen LogP contribution < -0.4 is 0 Å². The Labute approximate surface area is 186 Å². The van der Waals surface area contributed by atoms with Gasteiger partial charge in [0.25, 0.3) is 0 Å². The third kappa shape index (κ3) is 5.21. The van der Waals surface area contributed by atoms with Crippen LogP contribution in [0, 0.1) is 11.6 Å². The molecule has 31 heavy (non-hydrogen) atoms. The van der Waals surface area contributed by atoms with Crippen molar-refractivity contribution < 1.29 is 36.3 Å². The second-order valence-corrected chi connectivity index (χ2v) is 9.12. The second kappa shape index (κ2) is 9.58. The fraction of sp³-hybridized carbons (Fsp3) is 0.263. The maximum absolute atomic E-state index is 13.7. The quantitative estimate of drug-likeness (QED) is 0.452. The Morgan fingerprint density at radius 3 is 2.39 bits per heavy atom. The van der Waals surface area contributed by atoms with Crippen LogP contribution >= 0.6 is 23.2 Å². The summed E-state index contributed by atoms with van der Waals surface area (Å²) in [5.41, 5.74) is -0.948. The lowest BCUT2D eigenvalue weighted by Crippen LogP contribution is -2.40. The number of hydrogen-bond donors (Lipinski definition) is 0. The zero-order chi connectivity index (χ0) is 22.8. The fourth-order valence-electron chi connectivity index (χ4n) is 2.81. The largest absolute Gasteiger partial charge is 0.454 e. The van der Waals surface area contributed by atoms with Gasteiger partial charge in [0.15, 0.2) is 6.61 Å². The number of morpholine rings is 1. The number of benzene rings is 2. The van der Waals surface area contributed by atoms with Crippen LogP contribution in [0.2, 0.25) is 10.0 Å². The molecule has 0 spiro atoms. The summed E-state index contributed by atoms with van der Waals surface area (Å²) in [4.78, 5) is 24.1. The van der Waals surface area contributed by atoms with Crippen molar-refractivity contribution >= 4 is 45.0 Å². The van der Waals surface area contributed by atoms with E-state index < -0.39 is 45.6 Å². The van der Waals surface area contributed by atoms with Crippen molar-refractivity contribution in [2.45, 2.75) is 4.90 Å². The predicted molar refractivity (Wildman–Crippen MR) is 107 cm³/mol. The van der Waals surface area contributed by atoms with Crippen molar-refractivity contribution in [2.75, 3.05) is 32.9 Å². The number of nitrogens with zero attached hydrogens (tertiary/aromatic N) is 1. The summed E-state index contributed by atoms with van der Waals surface area (Å²) in [6, 6.07) is 4.30. The van der Waals surface area contributed by atoms with E-state index in [0.29, 0.717) is 6.07 Å². The minimum Gasteiger partial charge on any atom is -0.454 e. The molecule has 3 rings (SSSR count). The van der Waals surface area contributed by atoms with Gasteiger partial charge in [0, 0.05) is 13.1 Å². The van der Waals surface area contributed by atoms with E-state index in [9.17, 15) is 26.8 Å². The Morgan fingerprint density at radius 1 is 1.03 bits per heavy atom. The maximum Gasteiger partial charge on any atom is 0.340 e. The van der Waals surface area contributed by atoms with Crippen molar-refractivity contribution in [3.63, 3.8) is 0 Å². The van der Waals surface area contributed by atoms with E-state index in [1.54, 1.807) is 0 Å². The molecule has 1 aliphatic rings. The normalized spacial score (nSPS) is 15.0. The summed E-state index contributed by atoms with van der Waals surface area (Å²) in [6.45, 7) is -0.288. The van der Waals surface area contributed by atoms with E-state index in [-0.39, 0.29) is 46.8 Å². The topological polar surface area (TPSA) is 90.0 Å². The molecule has 1 saturated heterocycles. The zero-order valence-electron chi connectivity index (χ0n) is 15.7. The highest BCUT2D eigenvalue weighted by atomic mass is 35.5. The van der Waals surface area contributed by atoms with Gasteiger partial charge in [0.2, 0.25) is 15.8 Å². The van der Waals surface area contributed by atoms with Crippen molar-refractivity contribution in [2.24, 2.45) is 0 Å². The number of rotatable bonds is 6. The van der Waals surface area contributed by atoms with Crippen LogP contribution in [-0.2, 0) is 19.5 Å². The van der Waals surface area contributed by atoms with E-state index in [4.69, 9.17) is 32.7 Å². The molecule has 7 nitrogen and oxygen atoms in total. The molecule has 1 aliphatic heterocycles. The van der Waals surface area contributed by atoms with Gasteiger partial charge in [-0.1, -0.05) is 23.2 Å². The zero-order valence-corrected chi connectivity index (χ0v) is 18.1. The standard InChI is InChI=1S/C19H15Cl2F2NO6S/c20-14-9-15(21)18(31(27,28)24-3-5-29-6-4-24)8-12(14)19(26)30-10-17(25)13-7-11(22)1-2-16(13)23/h1-2,7-9H,3-6,10H2. The first-order valence-electron chi connectivity index (χ1n) is 8.83. The number of carbonyl (C=O) groups is 2. The van der Waals surface area contributed by atoms with Crippen LogP contribution in [0.3, 0.4) is 0 Å². The summed E-state index contributed by atoms with van der Waals surface area (Å²) in [5, 5.41) is -0.411. The maximum atomic E-state index is 13.7. The lowest BCUT2D eigenvalue weighted by Gasteiger charge is -2.26. The number of ether oxygens (including phenoxy) is 2. The molecule has 0 unspecified atom stereocenters. The molecule has 1 fully saturated rings. The molecule has 2 aromatic rings. The summed E-state index contributed by atoms with van der Waals surface area (Å²) in [7, 11) is -4.05. The lowest BCUT2D eigenvalue weighted by atomic mass is 10.1. The van der Waals surface area contributed by atoms with Crippen molar-refractivity contribution in [3.8, 4) is 0 Å². The van der Waals surface area contributed by atoms with Crippen molar-refractivity contribution in [1.82, 2.24) is 4.31 Å². The molecule has 2 aromatic carbocycles. The summed E-state index contributed by atoms with van der Waals surface area (Å²) in [6.07, 6.45) is 0. The van der Waals surface area contributed by atoms with E-state index >= 15 is 0 Å². The number of Topliss-reactive ketones (excluding diaryl/α,β-unsaturated/α-hetero) is 1. The minimum atomic E-state index is -4.05. The first-order chi connectivity index (χ1) is 14.6. The van der Waals surface area contributed by atoms with Crippen LogP contribution in [0.15, 0.2) is 35.2 Å². The van der Waals surface area contributed by atoms with E-state index in [1.165, 1.54) is 0 Å². The molecular formula is C19H15Cl2F2NO6S. The summed E-state index contributed by atoms with van der Waals surface area (Å²) in [5.74, 6) is -3.94. The second-order valence-electron chi connectivity index (χ2n) is 6.40. The number of hydrogen-bond acceptors (Lipinski definition) is 6. The molecule has 0 saturated carbocycles. The Balaban J connectivity index is 1.82. The minimum absolute atomic E-state index is 0.106. The Hall–Kier alpha value is -2.11. The molecule has 0 aliphatic carbocycles. The fourth-order valence-corrected chi connectivity index (χ4v) is 5.04. The van der Waals surface area contributed by atoms with Crippen molar-refractivity contribution in [3.05, 3.63) is 63.1 Å². The van der Waals surface area contributed by atoms with Gasteiger partial charge in [-0.15, -0.1) is 0 Å². The molecule has 12 heteroatoms.